The van der Waals surface area contributed by atoms with Crippen molar-refractivity contribution in [3.05, 3.63) is 35.9 Å². The molecular formula is C18H28ClN3O. The molecular weight excluding hydrogens is 310 g/mol. The van der Waals surface area contributed by atoms with Crippen LogP contribution < -0.4 is 5.32 Å². The van der Waals surface area contributed by atoms with E-state index in [9.17, 15) is 4.79 Å². The molecule has 0 spiro atoms. The maximum atomic E-state index is 12.9. The van der Waals surface area contributed by atoms with Crippen LogP contribution in [0.5, 0.6) is 0 Å². The molecule has 1 amide bonds. The van der Waals surface area contributed by atoms with Gasteiger partial charge in [0.2, 0.25) is 5.91 Å². The van der Waals surface area contributed by atoms with Gasteiger partial charge in [-0.2, -0.15) is 0 Å². The van der Waals surface area contributed by atoms with Gasteiger partial charge in [-0.3, -0.25) is 9.69 Å². The van der Waals surface area contributed by atoms with Crippen LogP contribution in [0.25, 0.3) is 0 Å². The number of carbonyl (C=O) groups excluding carboxylic acids is 1. The Bertz CT molecular complexity index is 482. The van der Waals surface area contributed by atoms with E-state index in [0.717, 1.165) is 51.3 Å². The minimum Gasteiger partial charge on any atom is -0.340 e. The number of piperazine rings is 1. The van der Waals surface area contributed by atoms with Gasteiger partial charge in [0.25, 0.3) is 0 Å². The van der Waals surface area contributed by atoms with E-state index in [2.05, 4.69) is 34.2 Å². The summed E-state index contributed by atoms with van der Waals surface area (Å²) in [6, 6.07) is 10.9. The summed E-state index contributed by atoms with van der Waals surface area (Å²) in [5.41, 5.74) is 1.15. The molecule has 2 atom stereocenters. The van der Waals surface area contributed by atoms with Gasteiger partial charge in [0.1, 0.15) is 0 Å². The number of halogens is 1. The molecule has 5 heteroatoms. The summed E-state index contributed by atoms with van der Waals surface area (Å²) >= 11 is 0. The van der Waals surface area contributed by atoms with Crippen molar-refractivity contribution in [3.63, 3.8) is 0 Å². The lowest BCUT2D eigenvalue weighted by Gasteiger charge is -2.39. The SMILES string of the molecule is CCC(C(=O)N1CCN(C2CCNC2)CC1)c1ccccc1.Cl. The number of rotatable bonds is 4. The summed E-state index contributed by atoms with van der Waals surface area (Å²) in [5.74, 6) is 0.318. The Morgan fingerprint density at radius 2 is 1.91 bits per heavy atom. The molecule has 0 bridgehead atoms. The summed E-state index contributed by atoms with van der Waals surface area (Å²) in [6.45, 7) is 8.13. The van der Waals surface area contributed by atoms with Crippen molar-refractivity contribution >= 4 is 18.3 Å². The van der Waals surface area contributed by atoms with E-state index >= 15 is 0 Å². The number of hydrogen-bond acceptors (Lipinski definition) is 3. The number of hydrogen-bond donors (Lipinski definition) is 1. The topological polar surface area (TPSA) is 35.6 Å². The molecule has 3 rings (SSSR count). The number of nitrogens with zero attached hydrogens (tertiary/aromatic N) is 2. The molecule has 128 valence electrons. The van der Waals surface area contributed by atoms with Gasteiger partial charge in [-0.05, 0) is 24.9 Å². The third kappa shape index (κ3) is 4.25. The standard InChI is InChI=1S/C18H27N3O.ClH/c1-2-17(15-6-4-3-5-7-15)18(22)21-12-10-20(11-13-21)16-8-9-19-14-16;/h3-7,16-17,19H,2,8-14H2,1H3;1H. The van der Waals surface area contributed by atoms with E-state index in [-0.39, 0.29) is 18.3 Å². The van der Waals surface area contributed by atoms with Crippen LogP contribution in [0, 0.1) is 0 Å². The van der Waals surface area contributed by atoms with Gasteiger partial charge in [0, 0.05) is 38.8 Å². The monoisotopic (exact) mass is 337 g/mol. The molecule has 2 heterocycles. The van der Waals surface area contributed by atoms with Gasteiger partial charge in [-0.25, -0.2) is 0 Å². The van der Waals surface area contributed by atoms with Crippen LogP contribution >= 0.6 is 12.4 Å². The highest BCUT2D eigenvalue weighted by molar-refractivity contribution is 5.85. The van der Waals surface area contributed by atoms with Gasteiger partial charge in [0.05, 0.1) is 5.92 Å². The van der Waals surface area contributed by atoms with Crippen molar-refractivity contribution in [2.24, 2.45) is 0 Å². The molecule has 2 aliphatic heterocycles. The smallest absolute Gasteiger partial charge is 0.230 e. The normalized spacial score (nSPS) is 23.3. The minimum absolute atomic E-state index is 0. The van der Waals surface area contributed by atoms with Crippen molar-refractivity contribution in [1.82, 2.24) is 15.1 Å². The van der Waals surface area contributed by atoms with Crippen LogP contribution in [0.2, 0.25) is 0 Å². The Labute approximate surface area is 145 Å². The quantitative estimate of drug-likeness (QED) is 0.914. The average molecular weight is 338 g/mol. The van der Waals surface area contributed by atoms with E-state index in [0.29, 0.717) is 11.9 Å². The van der Waals surface area contributed by atoms with E-state index in [1.54, 1.807) is 0 Å². The predicted octanol–water partition coefficient (Wildman–Crippen LogP) is 2.11. The van der Waals surface area contributed by atoms with Gasteiger partial charge in [-0.15, -0.1) is 12.4 Å². The Morgan fingerprint density at radius 1 is 1.22 bits per heavy atom. The summed E-state index contributed by atoms with van der Waals surface area (Å²) in [5, 5.41) is 3.43. The van der Waals surface area contributed by atoms with Crippen molar-refractivity contribution in [1.29, 1.82) is 0 Å². The van der Waals surface area contributed by atoms with Gasteiger partial charge >= 0.3 is 0 Å². The maximum absolute atomic E-state index is 12.9. The predicted molar refractivity (Wildman–Crippen MR) is 96.1 cm³/mol. The minimum atomic E-state index is 0. The van der Waals surface area contributed by atoms with Crippen LogP contribution in [0.3, 0.4) is 0 Å². The highest BCUT2D eigenvalue weighted by atomic mass is 35.5. The van der Waals surface area contributed by atoms with E-state index in [4.69, 9.17) is 0 Å². The maximum Gasteiger partial charge on any atom is 0.230 e. The molecule has 0 aliphatic carbocycles. The zero-order chi connectivity index (χ0) is 15.4. The van der Waals surface area contributed by atoms with Crippen LogP contribution in [0.15, 0.2) is 30.3 Å². The van der Waals surface area contributed by atoms with Gasteiger partial charge in [0.15, 0.2) is 0 Å². The second-order valence-corrected chi connectivity index (χ2v) is 6.38. The van der Waals surface area contributed by atoms with Crippen LogP contribution in [0.1, 0.15) is 31.2 Å². The third-order valence-electron chi connectivity index (χ3n) is 5.08. The summed E-state index contributed by atoms with van der Waals surface area (Å²) in [7, 11) is 0. The first-order chi connectivity index (χ1) is 10.8. The summed E-state index contributed by atoms with van der Waals surface area (Å²) < 4.78 is 0. The fourth-order valence-corrected chi connectivity index (χ4v) is 3.72. The molecule has 23 heavy (non-hydrogen) atoms. The first-order valence-electron chi connectivity index (χ1n) is 8.58. The molecule has 1 N–H and O–H groups in total. The van der Waals surface area contributed by atoms with Crippen molar-refractivity contribution in [2.75, 3.05) is 39.3 Å². The molecule has 2 saturated heterocycles. The Balaban J connectivity index is 0.00000192. The Hall–Kier alpha value is -1.10. The fraction of sp³-hybridized carbons (Fsp3) is 0.611. The number of carbonyl (C=O) groups is 1. The summed E-state index contributed by atoms with van der Waals surface area (Å²) in [6.07, 6.45) is 2.12. The Kier molecular flexibility index (Phi) is 6.88. The second-order valence-electron chi connectivity index (χ2n) is 6.38. The zero-order valence-electron chi connectivity index (χ0n) is 13.9. The molecule has 0 aromatic heterocycles. The highest BCUT2D eigenvalue weighted by Gasteiger charge is 2.30. The van der Waals surface area contributed by atoms with Crippen LogP contribution in [-0.4, -0.2) is 61.0 Å². The van der Waals surface area contributed by atoms with Crippen LogP contribution in [-0.2, 0) is 4.79 Å². The second kappa shape index (κ2) is 8.67. The molecule has 1 aromatic carbocycles. The number of nitrogens with one attached hydrogen (secondary N) is 1. The van der Waals surface area contributed by atoms with Crippen molar-refractivity contribution < 1.29 is 4.79 Å². The lowest BCUT2D eigenvalue weighted by Crippen LogP contribution is -2.53. The highest BCUT2D eigenvalue weighted by Crippen LogP contribution is 2.23. The molecule has 0 saturated carbocycles. The van der Waals surface area contributed by atoms with E-state index in [1.807, 2.05) is 18.2 Å². The first-order valence-corrected chi connectivity index (χ1v) is 8.58. The van der Waals surface area contributed by atoms with Crippen molar-refractivity contribution in [3.8, 4) is 0 Å². The fourth-order valence-electron chi connectivity index (χ4n) is 3.72. The number of amides is 1. The van der Waals surface area contributed by atoms with E-state index in [1.165, 1.54) is 6.42 Å². The zero-order valence-corrected chi connectivity index (χ0v) is 14.7. The average Bonchev–Trinajstić information content (AvgIpc) is 3.11. The molecule has 4 nitrogen and oxygen atoms in total. The molecule has 2 aliphatic rings. The first kappa shape index (κ1) is 18.2. The lowest BCUT2D eigenvalue weighted by molar-refractivity contribution is -0.135. The van der Waals surface area contributed by atoms with Crippen LogP contribution in [0.4, 0.5) is 0 Å². The molecule has 2 fully saturated rings. The molecule has 2 unspecified atom stereocenters. The number of benzene rings is 1. The van der Waals surface area contributed by atoms with Gasteiger partial charge in [-0.1, -0.05) is 37.3 Å². The largest absolute Gasteiger partial charge is 0.340 e. The Morgan fingerprint density at radius 3 is 2.48 bits per heavy atom. The van der Waals surface area contributed by atoms with E-state index < -0.39 is 0 Å². The third-order valence-corrected chi connectivity index (χ3v) is 5.08. The van der Waals surface area contributed by atoms with Crippen molar-refractivity contribution in [2.45, 2.75) is 31.7 Å². The lowest BCUT2D eigenvalue weighted by atomic mass is 9.94. The molecule has 1 aromatic rings. The summed E-state index contributed by atoms with van der Waals surface area (Å²) in [4.78, 5) is 17.5. The van der Waals surface area contributed by atoms with Gasteiger partial charge < -0.3 is 10.2 Å². The molecule has 0 radical (unpaired) electrons.